The van der Waals surface area contributed by atoms with Gasteiger partial charge in [-0.2, -0.15) is 13.2 Å². The molecule has 1 aromatic heterocycles. The van der Waals surface area contributed by atoms with Crippen molar-refractivity contribution in [2.45, 2.75) is 32.1 Å². The predicted molar refractivity (Wildman–Crippen MR) is 46.1 cm³/mol. The van der Waals surface area contributed by atoms with Gasteiger partial charge in [-0.15, -0.1) is 10.2 Å². The Kier molecular flexibility index (Phi) is 2.64. The van der Waals surface area contributed by atoms with Crippen LogP contribution in [-0.4, -0.2) is 27.5 Å². The highest BCUT2D eigenvalue weighted by atomic mass is 19.4. The normalized spacial score (nSPS) is 15.7. The maximum Gasteiger partial charge on any atom is 0.401 e. The van der Waals surface area contributed by atoms with E-state index in [4.69, 9.17) is 0 Å². The van der Waals surface area contributed by atoms with Crippen LogP contribution in [0.2, 0.25) is 0 Å². The molecule has 1 N–H and O–H groups in total. The van der Waals surface area contributed by atoms with Gasteiger partial charge in [0.2, 0.25) is 0 Å². The van der Waals surface area contributed by atoms with Crippen molar-refractivity contribution < 1.29 is 13.2 Å². The lowest BCUT2D eigenvalue weighted by atomic mass is 10.4. The van der Waals surface area contributed by atoms with Crippen LogP contribution in [0.25, 0.3) is 0 Å². The molecule has 1 aliphatic heterocycles. The average molecular weight is 220 g/mol. The molecule has 0 radical (unpaired) electrons. The number of halogens is 3. The quantitative estimate of drug-likeness (QED) is 0.822. The lowest BCUT2D eigenvalue weighted by Gasteiger charge is -2.07. The van der Waals surface area contributed by atoms with Crippen molar-refractivity contribution in [1.29, 1.82) is 0 Å². The standard InChI is InChI=1S/C8H11F3N4/c9-8(10,11)5-12-4-7-14-13-6-2-1-3-15(6)7/h12H,1-5H2. The molecule has 0 atom stereocenters. The summed E-state index contributed by atoms with van der Waals surface area (Å²) in [7, 11) is 0. The number of nitrogens with one attached hydrogen (secondary N) is 1. The van der Waals surface area contributed by atoms with Gasteiger partial charge in [-0.3, -0.25) is 0 Å². The first-order chi connectivity index (χ1) is 7.06. The highest BCUT2D eigenvalue weighted by molar-refractivity contribution is 5.00. The Morgan fingerprint density at radius 3 is 2.87 bits per heavy atom. The monoisotopic (exact) mass is 220 g/mol. The van der Waals surface area contributed by atoms with Gasteiger partial charge in [0.1, 0.15) is 11.6 Å². The fourth-order valence-electron chi connectivity index (χ4n) is 1.66. The van der Waals surface area contributed by atoms with Crippen molar-refractivity contribution in [2.75, 3.05) is 6.54 Å². The van der Waals surface area contributed by atoms with E-state index in [1.807, 2.05) is 4.57 Å². The van der Waals surface area contributed by atoms with Crippen LogP contribution in [0.4, 0.5) is 13.2 Å². The van der Waals surface area contributed by atoms with Crippen LogP contribution in [0.3, 0.4) is 0 Å². The Morgan fingerprint density at radius 2 is 2.13 bits per heavy atom. The van der Waals surface area contributed by atoms with Crippen LogP contribution in [0.1, 0.15) is 18.1 Å². The van der Waals surface area contributed by atoms with Crippen LogP contribution < -0.4 is 5.32 Å². The second kappa shape index (κ2) is 3.80. The molecule has 84 valence electrons. The van der Waals surface area contributed by atoms with Crippen molar-refractivity contribution in [3.05, 3.63) is 11.6 Å². The van der Waals surface area contributed by atoms with Crippen LogP contribution >= 0.6 is 0 Å². The SMILES string of the molecule is FC(F)(F)CNCc1nnc2n1CCC2. The summed E-state index contributed by atoms with van der Waals surface area (Å²) in [5.41, 5.74) is 0. The summed E-state index contributed by atoms with van der Waals surface area (Å²) in [6.07, 6.45) is -2.31. The summed E-state index contributed by atoms with van der Waals surface area (Å²) >= 11 is 0. The third kappa shape index (κ3) is 2.47. The Labute approximate surface area is 84.5 Å². The van der Waals surface area contributed by atoms with E-state index in [2.05, 4.69) is 15.5 Å². The Balaban J connectivity index is 1.89. The molecule has 2 rings (SSSR count). The Bertz CT molecular complexity index is 344. The van der Waals surface area contributed by atoms with E-state index in [0.717, 1.165) is 25.2 Å². The second-order valence-corrected chi connectivity index (χ2v) is 3.51. The highest BCUT2D eigenvalue weighted by Crippen LogP contribution is 2.15. The smallest absolute Gasteiger partial charge is 0.314 e. The maximum absolute atomic E-state index is 11.9. The molecule has 0 spiro atoms. The summed E-state index contributed by atoms with van der Waals surface area (Å²) in [6.45, 7) is -0.0624. The van der Waals surface area contributed by atoms with Gasteiger partial charge in [0, 0.05) is 13.0 Å². The molecular formula is C8H11F3N4. The largest absolute Gasteiger partial charge is 0.401 e. The Morgan fingerprint density at radius 1 is 1.33 bits per heavy atom. The van der Waals surface area contributed by atoms with E-state index in [-0.39, 0.29) is 6.54 Å². The van der Waals surface area contributed by atoms with E-state index in [1.165, 1.54) is 0 Å². The number of fused-ring (bicyclic) bond motifs is 1. The maximum atomic E-state index is 11.9. The molecule has 1 aromatic rings. The number of aromatic nitrogens is 3. The summed E-state index contributed by atoms with van der Waals surface area (Å²) < 4.78 is 37.4. The van der Waals surface area contributed by atoms with E-state index in [9.17, 15) is 13.2 Å². The van der Waals surface area contributed by atoms with Gasteiger partial charge in [0.15, 0.2) is 0 Å². The summed E-state index contributed by atoms with van der Waals surface area (Å²) in [5, 5.41) is 10.1. The summed E-state index contributed by atoms with van der Waals surface area (Å²) in [4.78, 5) is 0. The molecule has 0 aliphatic carbocycles. The van der Waals surface area contributed by atoms with Crippen molar-refractivity contribution in [3.63, 3.8) is 0 Å². The average Bonchev–Trinajstić information content (AvgIpc) is 2.66. The topological polar surface area (TPSA) is 42.7 Å². The predicted octanol–water partition coefficient (Wildman–Crippen LogP) is 0.876. The van der Waals surface area contributed by atoms with E-state index < -0.39 is 12.7 Å². The van der Waals surface area contributed by atoms with Crippen molar-refractivity contribution >= 4 is 0 Å². The van der Waals surface area contributed by atoms with Crippen LogP contribution in [0.15, 0.2) is 0 Å². The van der Waals surface area contributed by atoms with Crippen LogP contribution in [-0.2, 0) is 19.5 Å². The molecule has 0 amide bonds. The van der Waals surface area contributed by atoms with Crippen molar-refractivity contribution in [1.82, 2.24) is 20.1 Å². The zero-order chi connectivity index (χ0) is 10.9. The molecular weight excluding hydrogens is 209 g/mol. The van der Waals surface area contributed by atoms with Crippen molar-refractivity contribution in [2.24, 2.45) is 0 Å². The van der Waals surface area contributed by atoms with Crippen LogP contribution in [0, 0.1) is 0 Å². The molecule has 15 heavy (non-hydrogen) atoms. The number of hydrogen-bond acceptors (Lipinski definition) is 3. The van der Waals surface area contributed by atoms with Gasteiger partial charge in [-0.1, -0.05) is 0 Å². The molecule has 7 heteroatoms. The molecule has 0 aromatic carbocycles. The minimum absolute atomic E-state index is 0.118. The van der Waals surface area contributed by atoms with Crippen molar-refractivity contribution in [3.8, 4) is 0 Å². The molecule has 0 fully saturated rings. The van der Waals surface area contributed by atoms with Gasteiger partial charge in [0.25, 0.3) is 0 Å². The van der Waals surface area contributed by atoms with E-state index >= 15 is 0 Å². The Hall–Kier alpha value is -1.11. The number of hydrogen-bond donors (Lipinski definition) is 1. The zero-order valence-corrected chi connectivity index (χ0v) is 8.01. The molecule has 1 aliphatic rings. The summed E-state index contributed by atoms with van der Waals surface area (Å²) in [6, 6.07) is 0. The molecule has 0 unspecified atom stereocenters. The first-order valence-corrected chi connectivity index (χ1v) is 4.75. The molecule has 2 heterocycles. The van der Waals surface area contributed by atoms with E-state index in [1.54, 1.807) is 0 Å². The van der Waals surface area contributed by atoms with Crippen LogP contribution in [0.5, 0.6) is 0 Å². The number of nitrogens with zero attached hydrogens (tertiary/aromatic N) is 3. The van der Waals surface area contributed by atoms with Gasteiger partial charge >= 0.3 is 6.18 Å². The first-order valence-electron chi connectivity index (χ1n) is 4.75. The molecule has 4 nitrogen and oxygen atoms in total. The minimum Gasteiger partial charge on any atom is -0.314 e. The molecule has 0 saturated heterocycles. The summed E-state index contributed by atoms with van der Waals surface area (Å²) in [5.74, 6) is 1.46. The van der Waals surface area contributed by atoms with Gasteiger partial charge in [0.05, 0.1) is 13.1 Å². The molecule has 0 saturated carbocycles. The third-order valence-electron chi connectivity index (χ3n) is 2.29. The number of alkyl halides is 3. The zero-order valence-electron chi connectivity index (χ0n) is 8.01. The fourth-order valence-corrected chi connectivity index (χ4v) is 1.66. The van der Waals surface area contributed by atoms with E-state index in [0.29, 0.717) is 5.82 Å². The lowest BCUT2D eigenvalue weighted by Crippen LogP contribution is -2.29. The fraction of sp³-hybridized carbons (Fsp3) is 0.750. The van der Waals surface area contributed by atoms with Gasteiger partial charge in [-0.25, -0.2) is 0 Å². The highest BCUT2D eigenvalue weighted by Gasteiger charge is 2.26. The third-order valence-corrected chi connectivity index (χ3v) is 2.29. The number of aryl methyl sites for hydroxylation is 1. The second-order valence-electron chi connectivity index (χ2n) is 3.51. The number of rotatable bonds is 3. The lowest BCUT2D eigenvalue weighted by molar-refractivity contribution is -0.125. The minimum atomic E-state index is -4.17. The van der Waals surface area contributed by atoms with Gasteiger partial charge in [-0.05, 0) is 6.42 Å². The molecule has 0 bridgehead atoms. The first kappa shape index (κ1) is 10.4. The van der Waals surface area contributed by atoms with Gasteiger partial charge < -0.3 is 9.88 Å².